The summed E-state index contributed by atoms with van der Waals surface area (Å²) >= 11 is 3.07. The minimum Gasteiger partial charge on any atom is -0.348 e. The van der Waals surface area contributed by atoms with Crippen LogP contribution in [0.4, 0.5) is 0 Å². The number of allylic oxidation sites excluding steroid dienone is 2. The van der Waals surface area contributed by atoms with Gasteiger partial charge in [0.25, 0.3) is 5.91 Å². The molecule has 0 radical (unpaired) electrons. The summed E-state index contributed by atoms with van der Waals surface area (Å²) in [7, 11) is 0. The van der Waals surface area contributed by atoms with E-state index in [-0.39, 0.29) is 5.91 Å². The Kier molecular flexibility index (Phi) is 6.21. The van der Waals surface area contributed by atoms with Crippen molar-refractivity contribution < 1.29 is 4.79 Å². The van der Waals surface area contributed by atoms with Crippen LogP contribution in [0.2, 0.25) is 0 Å². The standard InChI is InChI=1S/C17H20N2OS2/c1-4-13-14(5-2)22-17(19-13)15(21-3)16(20)18-11-12-9-7-6-8-10-12/h4-10,19H,11H2,1-3H3,(H,18,20)/b13-4+,14-5+,17-15-. The normalized spacial score (nSPS) is 20.1. The second-order valence-electron chi connectivity index (χ2n) is 4.61. The fraction of sp³-hybridized carbons (Fsp3) is 0.235. The molecule has 1 fully saturated rings. The average Bonchev–Trinajstić information content (AvgIpc) is 2.97. The van der Waals surface area contributed by atoms with Gasteiger partial charge in [0.15, 0.2) is 0 Å². The summed E-state index contributed by atoms with van der Waals surface area (Å²) in [5, 5.41) is 7.21. The lowest BCUT2D eigenvalue weighted by atomic mass is 10.2. The highest BCUT2D eigenvalue weighted by atomic mass is 32.2. The van der Waals surface area contributed by atoms with Crippen molar-refractivity contribution in [3.05, 3.63) is 68.6 Å². The lowest BCUT2D eigenvalue weighted by Crippen LogP contribution is -2.25. The molecule has 0 unspecified atom stereocenters. The number of carbonyl (C=O) groups excluding carboxylic acids is 1. The number of thioether (sulfide) groups is 2. The van der Waals surface area contributed by atoms with Gasteiger partial charge in [-0.05, 0) is 25.7 Å². The molecule has 1 amide bonds. The van der Waals surface area contributed by atoms with Gasteiger partial charge in [0, 0.05) is 17.1 Å². The lowest BCUT2D eigenvalue weighted by molar-refractivity contribution is -0.117. The van der Waals surface area contributed by atoms with Gasteiger partial charge in [-0.25, -0.2) is 0 Å². The van der Waals surface area contributed by atoms with E-state index in [0.717, 1.165) is 26.1 Å². The van der Waals surface area contributed by atoms with Crippen LogP contribution in [-0.4, -0.2) is 12.2 Å². The maximum absolute atomic E-state index is 12.4. The van der Waals surface area contributed by atoms with E-state index in [2.05, 4.69) is 16.7 Å². The predicted octanol–water partition coefficient (Wildman–Crippen LogP) is 3.98. The van der Waals surface area contributed by atoms with Crippen molar-refractivity contribution in [2.24, 2.45) is 0 Å². The lowest BCUT2D eigenvalue weighted by Gasteiger charge is -2.09. The Morgan fingerprint density at radius 1 is 1.27 bits per heavy atom. The number of carbonyl (C=O) groups is 1. The Labute approximate surface area is 140 Å². The molecule has 0 atom stereocenters. The Morgan fingerprint density at radius 3 is 2.55 bits per heavy atom. The molecule has 1 heterocycles. The van der Waals surface area contributed by atoms with E-state index in [9.17, 15) is 4.79 Å². The number of nitrogens with one attached hydrogen (secondary N) is 2. The molecular weight excluding hydrogens is 312 g/mol. The molecule has 2 N–H and O–H groups in total. The molecule has 1 aliphatic heterocycles. The molecule has 5 heteroatoms. The van der Waals surface area contributed by atoms with Crippen LogP contribution >= 0.6 is 23.5 Å². The zero-order valence-electron chi connectivity index (χ0n) is 13.0. The number of hydrogen-bond donors (Lipinski definition) is 2. The third-order valence-corrected chi connectivity index (χ3v) is 5.30. The van der Waals surface area contributed by atoms with E-state index in [1.807, 2.05) is 56.5 Å². The molecule has 2 rings (SSSR count). The van der Waals surface area contributed by atoms with Crippen LogP contribution in [0.1, 0.15) is 19.4 Å². The zero-order chi connectivity index (χ0) is 15.9. The first-order valence-electron chi connectivity index (χ1n) is 7.07. The Bertz CT molecular complexity index is 611. The SMILES string of the molecule is C/C=C1/N/C(=C(/SC)C(=O)NCc2ccccc2)S/C1=C/C. The first kappa shape index (κ1) is 16.8. The van der Waals surface area contributed by atoms with Crippen LogP contribution < -0.4 is 10.6 Å². The largest absolute Gasteiger partial charge is 0.348 e. The number of hydrogen-bond acceptors (Lipinski definition) is 4. The molecule has 22 heavy (non-hydrogen) atoms. The van der Waals surface area contributed by atoms with Gasteiger partial charge in [0.1, 0.15) is 4.91 Å². The monoisotopic (exact) mass is 332 g/mol. The smallest absolute Gasteiger partial charge is 0.260 e. The van der Waals surface area contributed by atoms with Crippen molar-refractivity contribution in [2.45, 2.75) is 20.4 Å². The van der Waals surface area contributed by atoms with Gasteiger partial charge < -0.3 is 10.6 Å². The Morgan fingerprint density at radius 2 is 2.00 bits per heavy atom. The topological polar surface area (TPSA) is 41.1 Å². The Hall–Kier alpha value is -1.59. The molecule has 0 bridgehead atoms. The van der Waals surface area contributed by atoms with Gasteiger partial charge >= 0.3 is 0 Å². The van der Waals surface area contributed by atoms with Crippen molar-refractivity contribution in [1.82, 2.24) is 10.6 Å². The molecule has 1 saturated heterocycles. The van der Waals surface area contributed by atoms with Crippen LogP contribution in [0.25, 0.3) is 0 Å². The van der Waals surface area contributed by atoms with E-state index in [1.54, 1.807) is 11.8 Å². The highest BCUT2D eigenvalue weighted by molar-refractivity contribution is 8.09. The van der Waals surface area contributed by atoms with Gasteiger partial charge in [-0.15, -0.1) is 11.8 Å². The maximum atomic E-state index is 12.4. The minimum absolute atomic E-state index is 0.0424. The first-order chi connectivity index (χ1) is 10.7. The van der Waals surface area contributed by atoms with Crippen LogP contribution in [0.5, 0.6) is 0 Å². The van der Waals surface area contributed by atoms with E-state index < -0.39 is 0 Å². The van der Waals surface area contributed by atoms with Gasteiger partial charge in [-0.1, -0.05) is 54.2 Å². The summed E-state index contributed by atoms with van der Waals surface area (Å²) in [6, 6.07) is 9.92. The van der Waals surface area contributed by atoms with Crippen molar-refractivity contribution in [2.75, 3.05) is 6.26 Å². The van der Waals surface area contributed by atoms with Crippen molar-refractivity contribution >= 4 is 29.4 Å². The Balaban J connectivity index is 2.11. The predicted molar refractivity (Wildman–Crippen MR) is 97.1 cm³/mol. The molecule has 1 aromatic rings. The molecule has 0 saturated carbocycles. The van der Waals surface area contributed by atoms with Crippen molar-refractivity contribution in [3.8, 4) is 0 Å². The number of amides is 1. The summed E-state index contributed by atoms with van der Waals surface area (Å²) < 4.78 is 0. The van der Waals surface area contributed by atoms with Crippen LogP contribution in [0.15, 0.2) is 63.0 Å². The molecule has 0 aliphatic carbocycles. The maximum Gasteiger partial charge on any atom is 0.260 e. The van der Waals surface area contributed by atoms with E-state index in [1.165, 1.54) is 11.8 Å². The fourth-order valence-corrected chi connectivity index (χ4v) is 3.89. The van der Waals surface area contributed by atoms with Crippen LogP contribution in [-0.2, 0) is 11.3 Å². The van der Waals surface area contributed by atoms with Crippen LogP contribution in [0.3, 0.4) is 0 Å². The third kappa shape index (κ3) is 3.99. The highest BCUT2D eigenvalue weighted by Gasteiger charge is 2.24. The molecule has 1 aliphatic rings. The summed E-state index contributed by atoms with van der Waals surface area (Å²) in [6.07, 6.45) is 6.00. The minimum atomic E-state index is -0.0424. The van der Waals surface area contributed by atoms with Gasteiger partial charge in [0.05, 0.1) is 5.03 Å². The van der Waals surface area contributed by atoms with Crippen molar-refractivity contribution in [1.29, 1.82) is 0 Å². The van der Waals surface area contributed by atoms with Gasteiger partial charge in [-0.3, -0.25) is 4.79 Å². The first-order valence-corrected chi connectivity index (χ1v) is 9.12. The molecule has 3 nitrogen and oxygen atoms in total. The summed E-state index contributed by atoms with van der Waals surface area (Å²) in [5.41, 5.74) is 2.15. The van der Waals surface area contributed by atoms with E-state index >= 15 is 0 Å². The zero-order valence-corrected chi connectivity index (χ0v) is 14.6. The average molecular weight is 332 g/mol. The molecular formula is C17H20N2OS2. The van der Waals surface area contributed by atoms with Gasteiger partial charge in [-0.2, -0.15) is 0 Å². The highest BCUT2D eigenvalue weighted by Crippen LogP contribution is 2.40. The van der Waals surface area contributed by atoms with E-state index in [0.29, 0.717) is 6.54 Å². The quantitative estimate of drug-likeness (QED) is 0.818. The van der Waals surface area contributed by atoms with E-state index in [4.69, 9.17) is 0 Å². The summed E-state index contributed by atoms with van der Waals surface area (Å²) in [5.74, 6) is -0.0424. The summed E-state index contributed by atoms with van der Waals surface area (Å²) in [6.45, 7) is 4.53. The molecule has 0 aromatic heterocycles. The second kappa shape index (κ2) is 8.15. The molecule has 1 aromatic carbocycles. The molecule has 0 spiro atoms. The third-order valence-electron chi connectivity index (χ3n) is 3.19. The second-order valence-corrected chi connectivity index (χ2v) is 6.48. The van der Waals surface area contributed by atoms with Crippen LogP contribution in [0, 0.1) is 0 Å². The molecule has 116 valence electrons. The van der Waals surface area contributed by atoms with Crippen molar-refractivity contribution in [3.63, 3.8) is 0 Å². The number of benzene rings is 1. The fourth-order valence-electron chi connectivity index (χ4n) is 2.05. The summed E-state index contributed by atoms with van der Waals surface area (Å²) in [4.78, 5) is 14.3. The van der Waals surface area contributed by atoms with Gasteiger partial charge in [0.2, 0.25) is 0 Å². The number of rotatable bonds is 4.